The van der Waals surface area contributed by atoms with Crippen molar-refractivity contribution in [3.63, 3.8) is 0 Å². The quantitative estimate of drug-likeness (QED) is 0.385. The Bertz CT molecular complexity index is 1340. The molecule has 5 N–H and O–H groups in total. The second-order valence-corrected chi connectivity index (χ2v) is 8.87. The topological polar surface area (TPSA) is 109 Å². The Morgan fingerprint density at radius 3 is 2.67 bits per heavy atom. The van der Waals surface area contributed by atoms with Crippen molar-refractivity contribution in [1.82, 2.24) is 19.9 Å². The summed E-state index contributed by atoms with van der Waals surface area (Å²) >= 11 is 6.53. The van der Waals surface area contributed by atoms with Crippen LogP contribution in [0.1, 0.15) is 0 Å². The summed E-state index contributed by atoms with van der Waals surface area (Å²) in [4.78, 5) is 17.0. The minimum atomic E-state index is 0.399. The summed E-state index contributed by atoms with van der Waals surface area (Å²) in [7, 11) is 5.75. The second kappa shape index (κ2) is 8.13. The minimum Gasteiger partial charge on any atom is -0.494 e. The van der Waals surface area contributed by atoms with Crippen LogP contribution < -0.4 is 21.1 Å². The first-order valence-corrected chi connectivity index (χ1v) is 11.0. The smallest absolute Gasteiger partial charge is 0.164 e. The molecule has 1 aliphatic rings. The van der Waals surface area contributed by atoms with E-state index < -0.39 is 0 Å². The molecular formula is C24H26ClN7O. The number of ether oxygens (including phenoxy) is 1. The molecule has 3 heterocycles. The fourth-order valence-corrected chi connectivity index (χ4v) is 4.46. The van der Waals surface area contributed by atoms with Crippen LogP contribution in [0.4, 0.5) is 17.1 Å². The number of likely N-dealkylation sites (N-methyl/N-ethyl adjacent to an activating group) is 1. The number of para-hydroxylation sites is 1. The van der Waals surface area contributed by atoms with Gasteiger partial charge in [-0.3, -0.25) is 0 Å². The van der Waals surface area contributed by atoms with Crippen LogP contribution in [0.15, 0.2) is 42.7 Å². The average Bonchev–Trinajstić information content (AvgIpc) is 3.19. The number of halogens is 1. The van der Waals surface area contributed by atoms with Gasteiger partial charge in [0, 0.05) is 47.9 Å². The second-order valence-electron chi connectivity index (χ2n) is 8.46. The summed E-state index contributed by atoms with van der Waals surface area (Å²) in [6, 6.07) is 10.3. The van der Waals surface area contributed by atoms with E-state index in [2.05, 4.69) is 33.9 Å². The normalized spacial score (nSPS) is 14.2. The van der Waals surface area contributed by atoms with E-state index in [1.54, 1.807) is 13.3 Å². The van der Waals surface area contributed by atoms with Crippen LogP contribution in [0.3, 0.4) is 0 Å². The molecule has 1 saturated heterocycles. The number of aromatic amines is 1. The fourth-order valence-electron chi connectivity index (χ4n) is 4.27. The highest BCUT2D eigenvalue weighted by atomic mass is 35.5. The fraction of sp³-hybridized carbons (Fsp3) is 0.250. The van der Waals surface area contributed by atoms with Crippen molar-refractivity contribution >= 4 is 39.6 Å². The summed E-state index contributed by atoms with van der Waals surface area (Å²) in [5, 5.41) is 1.46. The molecule has 2 aromatic carbocycles. The summed E-state index contributed by atoms with van der Waals surface area (Å²) in [6.45, 7) is 1.73. The van der Waals surface area contributed by atoms with Crippen molar-refractivity contribution < 1.29 is 4.74 Å². The number of aromatic nitrogens is 3. The first-order chi connectivity index (χ1) is 15.9. The van der Waals surface area contributed by atoms with Gasteiger partial charge in [-0.1, -0.05) is 29.8 Å². The number of nitrogens with one attached hydrogen (secondary N) is 1. The van der Waals surface area contributed by atoms with Crippen molar-refractivity contribution in [3.8, 4) is 28.4 Å². The summed E-state index contributed by atoms with van der Waals surface area (Å²) in [6.07, 6.45) is 3.48. The van der Waals surface area contributed by atoms with Crippen LogP contribution in [-0.4, -0.2) is 60.2 Å². The van der Waals surface area contributed by atoms with Crippen LogP contribution in [0.25, 0.3) is 33.5 Å². The van der Waals surface area contributed by atoms with E-state index in [0.29, 0.717) is 45.3 Å². The van der Waals surface area contributed by atoms with E-state index >= 15 is 0 Å². The van der Waals surface area contributed by atoms with Crippen LogP contribution in [0, 0.1) is 0 Å². The summed E-state index contributed by atoms with van der Waals surface area (Å²) in [5.41, 5.74) is 18.0. The Kier molecular flexibility index (Phi) is 5.26. The van der Waals surface area contributed by atoms with Gasteiger partial charge in [-0.25, -0.2) is 9.97 Å². The largest absolute Gasteiger partial charge is 0.494 e. The third-order valence-corrected chi connectivity index (χ3v) is 6.59. The standard InChI is InChI=1S/C24H26ClN7O/c1-31(2)13-11-32(12-13)18-8-19(33-3)22(27)20(21(18)26)24-29-10-16(25)23(30-24)15-9-28-17-7-5-4-6-14(15)17/h4-10,13,28H,11-12,26-27H2,1-3H3. The molecule has 2 aromatic heterocycles. The Labute approximate surface area is 197 Å². The van der Waals surface area contributed by atoms with E-state index in [9.17, 15) is 0 Å². The lowest BCUT2D eigenvalue weighted by molar-refractivity contribution is 0.247. The van der Waals surface area contributed by atoms with Gasteiger partial charge in [0.1, 0.15) is 5.75 Å². The molecule has 33 heavy (non-hydrogen) atoms. The SMILES string of the molecule is COc1cc(N2CC(N(C)C)C2)c(N)c(-c2ncc(Cl)c(-c3c[nH]c4ccccc34)n2)c1N. The van der Waals surface area contributed by atoms with Crippen molar-refractivity contribution in [3.05, 3.63) is 47.7 Å². The van der Waals surface area contributed by atoms with Gasteiger partial charge in [0.25, 0.3) is 0 Å². The molecule has 4 aromatic rings. The van der Waals surface area contributed by atoms with Gasteiger partial charge < -0.3 is 31.0 Å². The highest BCUT2D eigenvalue weighted by molar-refractivity contribution is 6.33. The number of rotatable bonds is 5. The van der Waals surface area contributed by atoms with E-state index in [4.69, 9.17) is 32.8 Å². The lowest BCUT2D eigenvalue weighted by Crippen LogP contribution is -2.57. The van der Waals surface area contributed by atoms with E-state index in [1.165, 1.54) is 0 Å². The zero-order valence-corrected chi connectivity index (χ0v) is 19.5. The number of H-pyrrole nitrogens is 1. The number of nitrogen functional groups attached to an aromatic ring is 2. The number of hydrogen-bond acceptors (Lipinski definition) is 7. The molecule has 9 heteroatoms. The maximum Gasteiger partial charge on any atom is 0.164 e. The van der Waals surface area contributed by atoms with Gasteiger partial charge in [-0.2, -0.15) is 0 Å². The first-order valence-electron chi connectivity index (χ1n) is 10.7. The Balaban J connectivity index is 1.64. The number of nitrogens with two attached hydrogens (primary N) is 2. The molecule has 0 spiro atoms. The molecule has 0 atom stereocenters. The molecule has 0 amide bonds. The summed E-state index contributed by atoms with van der Waals surface area (Å²) < 4.78 is 5.58. The van der Waals surface area contributed by atoms with Gasteiger partial charge in [0.2, 0.25) is 0 Å². The number of fused-ring (bicyclic) bond motifs is 1. The van der Waals surface area contributed by atoms with Gasteiger partial charge in [0.15, 0.2) is 5.82 Å². The lowest BCUT2D eigenvalue weighted by atomic mass is 10.0. The molecular weight excluding hydrogens is 438 g/mol. The number of benzene rings is 2. The van der Waals surface area contributed by atoms with Crippen molar-refractivity contribution in [2.45, 2.75) is 6.04 Å². The van der Waals surface area contributed by atoms with Crippen molar-refractivity contribution in [1.29, 1.82) is 0 Å². The highest BCUT2D eigenvalue weighted by Gasteiger charge is 2.32. The van der Waals surface area contributed by atoms with Gasteiger partial charge in [0.05, 0.1) is 46.6 Å². The third-order valence-electron chi connectivity index (χ3n) is 6.31. The molecule has 0 aliphatic carbocycles. The van der Waals surface area contributed by atoms with E-state index in [1.807, 2.05) is 36.5 Å². The number of methoxy groups -OCH3 is 1. The Morgan fingerprint density at radius 1 is 1.18 bits per heavy atom. The van der Waals surface area contributed by atoms with Gasteiger partial charge in [-0.15, -0.1) is 0 Å². The third kappa shape index (κ3) is 3.51. The molecule has 0 saturated carbocycles. The van der Waals surface area contributed by atoms with Crippen molar-refractivity contribution in [2.24, 2.45) is 0 Å². The summed E-state index contributed by atoms with van der Waals surface area (Å²) in [5.74, 6) is 0.939. The number of nitrogens with zero attached hydrogens (tertiary/aromatic N) is 4. The molecule has 170 valence electrons. The first kappa shape index (κ1) is 21.4. The zero-order chi connectivity index (χ0) is 23.3. The Morgan fingerprint density at radius 2 is 1.94 bits per heavy atom. The molecule has 0 radical (unpaired) electrons. The van der Waals surface area contributed by atoms with E-state index in [0.717, 1.165) is 35.2 Å². The molecule has 0 unspecified atom stereocenters. The molecule has 1 aliphatic heterocycles. The predicted octanol–water partition coefficient (Wildman–Crippen LogP) is 3.87. The Hall–Kier alpha value is -3.49. The molecule has 5 rings (SSSR count). The monoisotopic (exact) mass is 463 g/mol. The zero-order valence-electron chi connectivity index (χ0n) is 18.8. The van der Waals surface area contributed by atoms with Gasteiger partial charge in [-0.05, 0) is 20.2 Å². The van der Waals surface area contributed by atoms with Crippen LogP contribution >= 0.6 is 11.6 Å². The van der Waals surface area contributed by atoms with Crippen LogP contribution in [0.2, 0.25) is 5.02 Å². The number of hydrogen-bond donors (Lipinski definition) is 3. The van der Waals surface area contributed by atoms with Crippen LogP contribution in [-0.2, 0) is 0 Å². The van der Waals surface area contributed by atoms with Crippen LogP contribution in [0.5, 0.6) is 5.75 Å². The minimum absolute atomic E-state index is 0.399. The lowest BCUT2D eigenvalue weighted by Gasteiger charge is -2.45. The molecule has 1 fully saturated rings. The van der Waals surface area contributed by atoms with Crippen molar-refractivity contribution in [2.75, 3.05) is 50.7 Å². The maximum atomic E-state index is 6.66. The molecule has 8 nitrogen and oxygen atoms in total. The van der Waals surface area contributed by atoms with E-state index in [-0.39, 0.29) is 0 Å². The molecule has 0 bridgehead atoms. The predicted molar refractivity (Wildman–Crippen MR) is 135 cm³/mol. The maximum absolute atomic E-state index is 6.66. The average molecular weight is 464 g/mol. The highest BCUT2D eigenvalue weighted by Crippen LogP contribution is 2.45. The number of anilines is 3. The van der Waals surface area contributed by atoms with Gasteiger partial charge >= 0.3 is 0 Å².